The molecule has 5 heteroatoms. The standard InChI is InChI=1S/C21H26N2O3/c1-23(2)18(17-10-6-8-12-20(17)26-4)15-22-21(24)14-13-16-9-5-7-11-19(16)25-3/h5-14,18H,15H2,1-4H3,(H,22,24)/b14-13+. The number of nitrogens with one attached hydrogen (secondary N) is 1. The van der Waals surface area contributed by atoms with Crippen LogP contribution < -0.4 is 14.8 Å². The average Bonchev–Trinajstić information content (AvgIpc) is 2.66. The molecule has 0 aliphatic heterocycles. The van der Waals surface area contributed by atoms with Crippen LogP contribution in [0.4, 0.5) is 0 Å². The van der Waals surface area contributed by atoms with Crippen LogP contribution in [0.15, 0.2) is 54.6 Å². The molecule has 2 aromatic rings. The van der Waals surface area contributed by atoms with Crippen molar-refractivity contribution in [2.24, 2.45) is 0 Å². The number of hydrogen-bond acceptors (Lipinski definition) is 4. The van der Waals surface area contributed by atoms with Crippen LogP contribution in [0.25, 0.3) is 6.08 Å². The lowest BCUT2D eigenvalue weighted by molar-refractivity contribution is -0.116. The van der Waals surface area contributed by atoms with Gasteiger partial charge in [-0.25, -0.2) is 0 Å². The summed E-state index contributed by atoms with van der Waals surface area (Å²) in [6.45, 7) is 0.475. The first kappa shape index (κ1) is 19.5. The first-order valence-electron chi connectivity index (χ1n) is 8.45. The van der Waals surface area contributed by atoms with Crippen molar-refractivity contribution in [1.82, 2.24) is 10.2 Å². The van der Waals surface area contributed by atoms with E-state index in [4.69, 9.17) is 9.47 Å². The molecule has 2 rings (SSSR count). The highest BCUT2D eigenvalue weighted by atomic mass is 16.5. The van der Waals surface area contributed by atoms with E-state index in [0.717, 1.165) is 22.6 Å². The van der Waals surface area contributed by atoms with Crippen LogP contribution in [-0.4, -0.2) is 45.7 Å². The second-order valence-corrected chi connectivity index (χ2v) is 6.04. The molecule has 1 unspecified atom stereocenters. The Labute approximate surface area is 155 Å². The molecular weight excluding hydrogens is 328 g/mol. The molecular formula is C21H26N2O3. The highest BCUT2D eigenvalue weighted by Gasteiger charge is 2.18. The van der Waals surface area contributed by atoms with E-state index in [9.17, 15) is 4.79 Å². The maximum absolute atomic E-state index is 12.2. The van der Waals surface area contributed by atoms with Gasteiger partial charge >= 0.3 is 0 Å². The van der Waals surface area contributed by atoms with Gasteiger partial charge in [-0.15, -0.1) is 0 Å². The molecule has 1 N–H and O–H groups in total. The van der Waals surface area contributed by atoms with Crippen LogP contribution in [0.5, 0.6) is 11.5 Å². The Morgan fingerprint density at radius 2 is 1.65 bits per heavy atom. The molecule has 5 nitrogen and oxygen atoms in total. The summed E-state index contributed by atoms with van der Waals surface area (Å²) < 4.78 is 10.7. The predicted molar refractivity (Wildman–Crippen MR) is 104 cm³/mol. The molecule has 0 spiro atoms. The minimum absolute atomic E-state index is 0.00904. The first-order chi connectivity index (χ1) is 12.6. The number of methoxy groups -OCH3 is 2. The van der Waals surface area contributed by atoms with Crippen molar-refractivity contribution in [3.05, 3.63) is 65.7 Å². The van der Waals surface area contributed by atoms with Crippen molar-refractivity contribution in [1.29, 1.82) is 0 Å². The van der Waals surface area contributed by atoms with Gasteiger partial charge in [-0.3, -0.25) is 4.79 Å². The van der Waals surface area contributed by atoms with Crippen molar-refractivity contribution in [3.8, 4) is 11.5 Å². The number of likely N-dealkylation sites (N-methyl/N-ethyl adjacent to an activating group) is 1. The molecule has 0 bridgehead atoms. The van der Waals surface area contributed by atoms with Gasteiger partial charge in [0.15, 0.2) is 0 Å². The first-order valence-corrected chi connectivity index (χ1v) is 8.45. The van der Waals surface area contributed by atoms with Gasteiger partial charge in [-0.2, -0.15) is 0 Å². The molecule has 0 fully saturated rings. The monoisotopic (exact) mass is 354 g/mol. The molecule has 0 saturated heterocycles. The average molecular weight is 354 g/mol. The maximum Gasteiger partial charge on any atom is 0.244 e. The van der Waals surface area contributed by atoms with Crippen LogP contribution >= 0.6 is 0 Å². The number of ether oxygens (including phenoxy) is 2. The smallest absolute Gasteiger partial charge is 0.244 e. The fraction of sp³-hybridized carbons (Fsp3) is 0.286. The van der Waals surface area contributed by atoms with Gasteiger partial charge in [0, 0.05) is 23.7 Å². The number of carbonyl (C=O) groups excluding carboxylic acids is 1. The SMILES string of the molecule is COc1ccccc1/C=C/C(=O)NCC(c1ccccc1OC)N(C)C. The summed E-state index contributed by atoms with van der Waals surface area (Å²) in [6.07, 6.45) is 3.27. The van der Waals surface area contributed by atoms with E-state index in [1.807, 2.05) is 62.6 Å². The summed E-state index contributed by atoms with van der Waals surface area (Å²) in [4.78, 5) is 14.3. The normalized spacial score (nSPS) is 12.2. The lowest BCUT2D eigenvalue weighted by Gasteiger charge is -2.26. The zero-order chi connectivity index (χ0) is 18.9. The Morgan fingerprint density at radius 3 is 2.31 bits per heavy atom. The zero-order valence-corrected chi connectivity index (χ0v) is 15.7. The second-order valence-electron chi connectivity index (χ2n) is 6.04. The third-order valence-electron chi connectivity index (χ3n) is 4.14. The van der Waals surface area contributed by atoms with E-state index < -0.39 is 0 Å². The minimum Gasteiger partial charge on any atom is -0.496 e. The fourth-order valence-electron chi connectivity index (χ4n) is 2.74. The van der Waals surface area contributed by atoms with Crippen molar-refractivity contribution in [2.75, 3.05) is 34.9 Å². The molecule has 0 heterocycles. The third-order valence-corrected chi connectivity index (χ3v) is 4.14. The number of amides is 1. The van der Waals surface area contributed by atoms with Gasteiger partial charge in [0.2, 0.25) is 5.91 Å². The summed E-state index contributed by atoms with van der Waals surface area (Å²) >= 11 is 0. The Balaban J connectivity index is 2.05. The Bertz CT molecular complexity index is 756. The van der Waals surface area contributed by atoms with Crippen molar-refractivity contribution < 1.29 is 14.3 Å². The minimum atomic E-state index is -0.155. The summed E-state index contributed by atoms with van der Waals surface area (Å²) in [5.41, 5.74) is 1.90. The van der Waals surface area contributed by atoms with E-state index >= 15 is 0 Å². The number of hydrogen-bond donors (Lipinski definition) is 1. The molecule has 1 atom stereocenters. The molecule has 138 valence electrons. The largest absolute Gasteiger partial charge is 0.496 e. The molecule has 2 aromatic carbocycles. The predicted octanol–water partition coefficient (Wildman–Crippen LogP) is 3.14. The highest BCUT2D eigenvalue weighted by molar-refractivity contribution is 5.92. The van der Waals surface area contributed by atoms with Gasteiger partial charge in [0.25, 0.3) is 0 Å². The molecule has 26 heavy (non-hydrogen) atoms. The van der Waals surface area contributed by atoms with Crippen molar-refractivity contribution in [3.63, 3.8) is 0 Å². The lowest BCUT2D eigenvalue weighted by Crippen LogP contribution is -2.33. The maximum atomic E-state index is 12.2. The number of rotatable bonds is 8. The van der Waals surface area contributed by atoms with E-state index in [0.29, 0.717) is 6.54 Å². The molecule has 0 aliphatic rings. The van der Waals surface area contributed by atoms with Gasteiger partial charge in [0.1, 0.15) is 11.5 Å². The third kappa shape index (κ3) is 5.10. The number of benzene rings is 2. The second kappa shape index (κ2) is 9.63. The van der Waals surface area contributed by atoms with E-state index in [1.165, 1.54) is 6.08 Å². The van der Waals surface area contributed by atoms with Crippen molar-refractivity contribution in [2.45, 2.75) is 6.04 Å². The van der Waals surface area contributed by atoms with Crippen LogP contribution in [0.2, 0.25) is 0 Å². The van der Waals surface area contributed by atoms with Gasteiger partial charge in [-0.1, -0.05) is 36.4 Å². The zero-order valence-electron chi connectivity index (χ0n) is 15.7. The molecule has 1 amide bonds. The summed E-state index contributed by atoms with van der Waals surface area (Å²) in [7, 11) is 7.23. The van der Waals surface area contributed by atoms with Crippen molar-refractivity contribution >= 4 is 12.0 Å². The topological polar surface area (TPSA) is 50.8 Å². The Morgan fingerprint density at radius 1 is 1.04 bits per heavy atom. The van der Waals surface area contributed by atoms with Crippen LogP contribution in [0.1, 0.15) is 17.2 Å². The summed E-state index contributed by atoms with van der Waals surface area (Å²) in [5, 5.41) is 2.96. The van der Waals surface area contributed by atoms with Gasteiger partial charge < -0.3 is 19.7 Å². The summed E-state index contributed by atoms with van der Waals surface area (Å²) in [6, 6.07) is 15.4. The molecule has 0 aromatic heterocycles. The van der Waals surface area contributed by atoms with Gasteiger partial charge in [-0.05, 0) is 32.3 Å². The molecule has 0 aliphatic carbocycles. The number of para-hydroxylation sites is 2. The number of carbonyl (C=O) groups is 1. The van der Waals surface area contributed by atoms with Crippen LogP contribution in [0, 0.1) is 0 Å². The quantitative estimate of drug-likeness (QED) is 0.740. The van der Waals surface area contributed by atoms with E-state index in [1.54, 1.807) is 20.3 Å². The number of nitrogens with zero attached hydrogens (tertiary/aromatic N) is 1. The Hall–Kier alpha value is -2.79. The lowest BCUT2D eigenvalue weighted by atomic mass is 10.0. The van der Waals surface area contributed by atoms with Crippen LogP contribution in [0.3, 0.4) is 0 Å². The fourth-order valence-corrected chi connectivity index (χ4v) is 2.74. The molecule has 0 radical (unpaired) electrons. The highest BCUT2D eigenvalue weighted by Crippen LogP contribution is 2.27. The molecule has 0 saturated carbocycles. The van der Waals surface area contributed by atoms with Crippen LogP contribution in [-0.2, 0) is 4.79 Å². The van der Waals surface area contributed by atoms with E-state index in [-0.39, 0.29) is 11.9 Å². The summed E-state index contributed by atoms with van der Waals surface area (Å²) in [5.74, 6) is 1.39. The van der Waals surface area contributed by atoms with Gasteiger partial charge in [0.05, 0.1) is 20.3 Å². The van der Waals surface area contributed by atoms with E-state index in [2.05, 4.69) is 10.2 Å². The Kier molecular flexibility index (Phi) is 7.24.